The van der Waals surface area contributed by atoms with Crippen LogP contribution < -0.4 is 0 Å². The Morgan fingerprint density at radius 3 is 2.94 bits per heavy atom. The number of carboxylic acids is 1. The zero-order valence-corrected chi connectivity index (χ0v) is 9.43. The number of carboxylic acid groups (broad SMARTS) is 1. The smallest absolute Gasteiger partial charge is 0.371 e. The van der Waals surface area contributed by atoms with Crippen LogP contribution in [0.25, 0.3) is 0 Å². The third-order valence-corrected chi connectivity index (χ3v) is 2.68. The molecule has 1 aromatic rings. The van der Waals surface area contributed by atoms with Gasteiger partial charge >= 0.3 is 5.97 Å². The van der Waals surface area contributed by atoms with Gasteiger partial charge in [-0.1, -0.05) is 0 Å². The second-order valence-electron chi connectivity index (χ2n) is 3.87. The first kappa shape index (κ1) is 11.7. The highest BCUT2D eigenvalue weighted by molar-refractivity contribution is 5.84. The Morgan fingerprint density at radius 1 is 1.59 bits per heavy atom. The summed E-state index contributed by atoms with van der Waals surface area (Å²) in [5.41, 5.74) is 0.720. The van der Waals surface area contributed by atoms with E-state index in [4.69, 9.17) is 14.3 Å². The van der Waals surface area contributed by atoms with E-state index in [1.807, 2.05) is 0 Å². The number of morpholine rings is 1. The molecule has 1 N–H and O–H groups in total. The number of hydrogen-bond acceptors (Lipinski definition) is 4. The van der Waals surface area contributed by atoms with E-state index in [0.29, 0.717) is 25.5 Å². The van der Waals surface area contributed by atoms with E-state index in [9.17, 15) is 9.59 Å². The normalized spacial score (nSPS) is 16.3. The summed E-state index contributed by atoms with van der Waals surface area (Å²) in [4.78, 5) is 23.9. The molecule has 0 aromatic carbocycles. The zero-order chi connectivity index (χ0) is 12.4. The number of hydrogen-bond donors (Lipinski definition) is 1. The Bertz CT molecular complexity index is 451. The molecule has 0 unspecified atom stereocenters. The molecule has 0 atom stereocenters. The molecule has 1 fully saturated rings. The Labute approximate surface area is 97.8 Å². The summed E-state index contributed by atoms with van der Waals surface area (Å²) < 4.78 is 10.1. The van der Waals surface area contributed by atoms with Crippen LogP contribution in [-0.4, -0.2) is 41.6 Å². The number of carbonyl (C=O) groups excluding carboxylic acids is 1. The second-order valence-corrected chi connectivity index (χ2v) is 3.87. The number of carbonyl (C=O) groups is 2. The van der Waals surface area contributed by atoms with Gasteiger partial charge in [-0.3, -0.25) is 4.79 Å². The van der Waals surface area contributed by atoms with Crippen molar-refractivity contribution in [2.75, 3.05) is 19.8 Å². The standard InChI is InChI=1S/C11H13NO5/c1-7-8(4-9(17-7)11(14)15)5-12-2-3-16-6-10(12)13/h4H,2-3,5-6H2,1H3,(H,14,15). The lowest BCUT2D eigenvalue weighted by atomic mass is 10.2. The SMILES string of the molecule is Cc1oc(C(=O)O)cc1CN1CCOCC1=O. The molecule has 17 heavy (non-hydrogen) atoms. The minimum absolute atomic E-state index is 0.0860. The summed E-state index contributed by atoms with van der Waals surface area (Å²) in [6, 6.07) is 1.46. The lowest BCUT2D eigenvalue weighted by molar-refractivity contribution is -0.143. The molecule has 2 rings (SSSR count). The van der Waals surface area contributed by atoms with Crippen molar-refractivity contribution < 1.29 is 23.8 Å². The van der Waals surface area contributed by atoms with Gasteiger partial charge in [0.25, 0.3) is 0 Å². The summed E-state index contributed by atoms with van der Waals surface area (Å²) in [6.45, 7) is 3.17. The summed E-state index contributed by atoms with van der Waals surface area (Å²) in [5, 5.41) is 8.79. The minimum Gasteiger partial charge on any atom is -0.475 e. The quantitative estimate of drug-likeness (QED) is 0.837. The monoisotopic (exact) mass is 239 g/mol. The highest BCUT2D eigenvalue weighted by Crippen LogP contribution is 2.17. The third kappa shape index (κ3) is 2.47. The molecule has 1 aromatic heterocycles. The number of furan rings is 1. The molecule has 0 saturated carbocycles. The fraction of sp³-hybridized carbons (Fsp3) is 0.455. The average molecular weight is 239 g/mol. The first-order chi connectivity index (χ1) is 8.08. The number of aryl methyl sites for hydroxylation is 1. The van der Waals surface area contributed by atoms with Crippen LogP contribution in [0.5, 0.6) is 0 Å². The maximum atomic E-state index is 11.5. The van der Waals surface area contributed by atoms with Crippen LogP contribution >= 0.6 is 0 Å². The van der Waals surface area contributed by atoms with Crippen molar-refractivity contribution in [2.24, 2.45) is 0 Å². The van der Waals surface area contributed by atoms with Gasteiger partial charge in [-0.15, -0.1) is 0 Å². The van der Waals surface area contributed by atoms with Crippen molar-refractivity contribution in [1.29, 1.82) is 0 Å². The number of aromatic carboxylic acids is 1. The molecule has 0 spiro atoms. The molecule has 1 aliphatic rings. The van der Waals surface area contributed by atoms with Gasteiger partial charge in [0, 0.05) is 18.7 Å². The van der Waals surface area contributed by atoms with Crippen molar-refractivity contribution >= 4 is 11.9 Å². The Balaban J connectivity index is 2.12. The third-order valence-electron chi connectivity index (χ3n) is 2.68. The fourth-order valence-corrected chi connectivity index (χ4v) is 1.71. The summed E-state index contributed by atoms with van der Waals surface area (Å²) in [7, 11) is 0. The molecule has 0 aliphatic carbocycles. The lowest BCUT2D eigenvalue weighted by Gasteiger charge is -2.26. The van der Waals surface area contributed by atoms with E-state index in [0.717, 1.165) is 5.56 Å². The predicted octanol–water partition coefficient (Wildman–Crippen LogP) is 0.645. The van der Waals surface area contributed by atoms with Crippen molar-refractivity contribution in [3.8, 4) is 0 Å². The molecule has 1 aliphatic heterocycles. The van der Waals surface area contributed by atoms with Crippen LogP contribution in [0.2, 0.25) is 0 Å². The van der Waals surface area contributed by atoms with Crippen LogP contribution in [0.3, 0.4) is 0 Å². The van der Waals surface area contributed by atoms with E-state index in [2.05, 4.69) is 0 Å². The molecule has 1 saturated heterocycles. The van der Waals surface area contributed by atoms with Gasteiger partial charge in [0.05, 0.1) is 6.61 Å². The summed E-state index contributed by atoms with van der Waals surface area (Å²) in [6.07, 6.45) is 0. The number of ether oxygens (including phenoxy) is 1. The molecular formula is C11H13NO5. The van der Waals surface area contributed by atoms with Crippen LogP contribution in [-0.2, 0) is 16.1 Å². The van der Waals surface area contributed by atoms with E-state index in [1.54, 1.807) is 11.8 Å². The van der Waals surface area contributed by atoms with Gasteiger partial charge in [0.1, 0.15) is 12.4 Å². The first-order valence-electron chi connectivity index (χ1n) is 5.26. The summed E-state index contributed by atoms with van der Waals surface area (Å²) >= 11 is 0. The van der Waals surface area contributed by atoms with E-state index in [1.165, 1.54) is 6.07 Å². The first-order valence-corrected chi connectivity index (χ1v) is 5.26. The molecule has 1 amide bonds. The number of nitrogens with zero attached hydrogens (tertiary/aromatic N) is 1. The highest BCUT2D eigenvalue weighted by Gasteiger charge is 2.21. The van der Waals surface area contributed by atoms with E-state index >= 15 is 0 Å². The molecule has 6 nitrogen and oxygen atoms in total. The molecule has 92 valence electrons. The molecular weight excluding hydrogens is 226 g/mol. The van der Waals surface area contributed by atoms with Crippen LogP contribution in [0.4, 0.5) is 0 Å². The minimum atomic E-state index is -1.10. The van der Waals surface area contributed by atoms with E-state index < -0.39 is 5.97 Å². The molecule has 2 heterocycles. The maximum Gasteiger partial charge on any atom is 0.371 e. The summed E-state index contributed by atoms with van der Waals surface area (Å²) in [5.74, 6) is -0.763. The topological polar surface area (TPSA) is 80.0 Å². The zero-order valence-electron chi connectivity index (χ0n) is 9.43. The number of rotatable bonds is 3. The fourth-order valence-electron chi connectivity index (χ4n) is 1.71. The Morgan fingerprint density at radius 2 is 2.35 bits per heavy atom. The van der Waals surface area contributed by atoms with Gasteiger partial charge in [0.15, 0.2) is 0 Å². The number of amides is 1. The van der Waals surface area contributed by atoms with Crippen molar-refractivity contribution in [3.05, 3.63) is 23.2 Å². The van der Waals surface area contributed by atoms with E-state index in [-0.39, 0.29) is 18.3 Å². The maximum absolute atomic E-state index is 11.5. The molecule has 0 radical (unpaired) electrons. The van der Waals surface area contributed by atoms with Gasteiger partial charge < -0.3 is 19.2 Å². The second kappa shape index (κ2) is 4.58. The van der Waals surface area contributed by atoms with Crippen LogP contribution in [0.1, 0.15) is 21.9 Å². The molecule has 6 heteroatoms. The van der Waals surface area contributed by atoms with Crippen molar-refractivity contribution in [2.45, 2.75) is 13.5 Å². The van der Waals surface area contributed by atoms with Crippen LogP contribution in [0, 0.1) is 6.92 Å². The molecule has 0 bridgehead atoms. The van der Waals surface area contributed by atoms with Crippen molar-refractivity contribution in [1.82, 2.24) is 4.90 Å². The lowest BCUT2D eigenvalue weighted by Crippen LogP contribution is -2.40. The van der Waals surface area contributed by atoms with Crippen molar-refractivity contribution in [3.63, 3.8) is 0 Å². The van der Waals surface area contributed by atoms with Gasteiger partial charge in [-0.25, -0.2) is 4.79 Å². The largest absolute Gasteiger partial charge is 0.475 e. The van der Waals surface area contributed by atoms with Gasteiger partial charge in [-0.05, 0) is 13.0 Å². The average Bonchev–Trinajstić information content (AvgIpc) is 2.64. The van der Waals surface area contributed by atoms with Gasteiger partial charge in [0.2, 0.25) is 11.7 Å². The Kier molecular flexibility index (Phi) is 3.14. The highest BCUT2D eigenvalue weighted by atomic mass is 16.5. The van der Waals surface area contributed by atoms with Gasteiger partial charge in [-0.2, -0.15) is 0 Å². The predicted molar refractivity (Wildman–Crippen MR) is 56.6 cm³/mol. The van der Waals surface area contributed by atoms with Crippen LogP contribution in [0.15, 0.2) is 10.5 Å². The Hall–Kier alpha value is -1.82.